The predicted molar refractivity (Wildman–Crippen MR) is 59.9 cm³/mol. The van der Waals surface area contributed by atoms with Crippen molar-refractivity contribution in [2.75, 3.05) is 0 Å². The number of halogens is 2. The Morgan fingerprint density at radius 2 is 1.62 bits per heavy atom. The largest absolute Gasteiger partial charge is 0.207 e. The van der Waals surface area contributed by atoms with Crippen LogP contribution in [0.2, 0.25) is 0 Å². The molecule has 1 radical (unpaired) electrons. The van der Waals surface area contributed by atoms with Crippen LogP contribution in [0.1, 0.15) is 11.1 Å². The van der Waals surface area contributed by atoms with Crippen molar-refractivity contribution in [2.24, 2.45) is 0 Å². The van der Waals surface area contributed by atoms with Gasteiger partial charge in [-0.2, -0.15) is 0 Å². The maximum absolute atomic E-state index is 12.9. The monoisotopic (exact) mass is 217 g/mol. The molecule has 81 valence electrons. The van der Waals surface area contributed by atoms with Gasteiger partial charge in [-0.15, -0.1) is 0 Å². The molecule has 0 amide bonds. The van der Waals surface area contributed by atoms with Gasteiger partial charge in [0.2, 0.25) is 0 Å². The summed E-state index contributed by atoms with van der Waals surface area (Å²) in [6, 6.07) is 12.7. The first-order valence-corrected chi connectivity index (χ1v) is 5.07. The predicted octanol–water partition coefficient (Wildman–Crippen LogP) is 3.76. The van der Waals surface area contributed by atoms with Gasteiger partial charge in [0.25, 0.3) is 0 Å². The minimum atomic E-state index is -0.243. The molecule has 0 spiro atoms. The summed E-state index contributed by atoms with van der Waals surface area (Å²) in [6.45, 7) is 0. The summed E-state index contributed by atoms with van der Waals surface area (Å²) in [5.41, 5.74) is 1.84. The Bertz CT molecular complexity index is 460. The highest BCUT2D eigenvalue weighted by atomic mass is 19.1. The van der Waals surface area contributed by atoms with Crippen molar-refractivity contribution in [3.05, 3.63) is 77.7 Å². The van der Waals surface area contributed by atoms with E-state index in [1.54, 1.807) is 18.2 Å². The second-order valence-corrected chi connectivity index (χ2v) is 3.59. The van der Waals surface area contributed by atoms with Gasteiger partial charge in [-0.05, 0) is 48.2 Å². The van der Waals surface area contributed by atoms with Gasteiger partial charge >= 0.3 is 0 Å². The van der Waals surface area contributed by atoms with Crippen LogP contribution in [-0.4, -0.2) is 0 Å². The molecule has 0 aliphatic heterocycles. The van der Waals surface area contributed by atoms with Crippen molar-refractivity contribution < 1.29 is 8.78 Å². The van der Waals surface area contributed by atoms with E-state index >= 15 is 0 Å². The van der Waals surface area contributed by atoms with Crippen LogP contribution < -0.4 is 0 Å². The van der Waals surface area contributed by atoms with Crippen molar-refractivity contribution in [1.29, 1.82) is 0 Å². The lowest BCUT2D eigenvalue weighted by molar-refractivity contribution is 0.626. The molecule has 2 rings (SSSR count). The van der Waals surface area contributed by atoms with Crippen molar-refractivity contribution in [3.63, 3.8) is 0 Å². The minimum Gasteiger partial charge on any atom is -0.207 e. The number of benzene rings is 2. The number of hydrogen-bond acceptors (Lipinski definition) is 0. The zero-order valence-electron chi connectivity index (χ0n) is 8.66. The summed E-state index contributed by atoms with van der Waals surface area (Å²) in [5.74, 6) is -0.484. The first-order valence-electron chi connectivity index (χ1n) is 5.07. The smallest absolute Gasteiger partial charge is 0.123 e. The molecule has 0 heterocycles. The molecule has 0 bridgehead atoms. The van der Waals surface area contributed by atoms with Gasteiger partial charge < -0.3 is 0 Å². The highest BCUT2D eigenvalue weighted by Crippen LogP contribution is 2.11. The van der Waals surface area contributed by atoms with E-state index in [0.29, 0.717) is 6.42 Å². The molecule has 0 N–H and O–H groups in total. The molecule has 0 saturated heterocycles. The van der Waals surface area contributed by atoms with Crippen molar-refractivity contribution >= 4 is 0 Å². The van der Waals surface area contributed by atoms with E-state index in [4.69, 9.17) is 0 Å². The Labute approximate surface area is 93.5 Å². The van der Waals surface area contributed by atoms with Gasteiger partial charge in [0, 0.05) is 0 Å². The standard InChI is InChI=1S/C14H11F2/c15-13-8-6-11(7-9-13)4-5-12-2-1-3-14(16)10-12/h1-3,5-10H,4H2. The topological polar surface area (TPSA) is 0 Å². The number of rotatable bonds is 3. The molecule has 0 fully saturated rings. The summed E-state index contributed by atoms with van der Waals surface area (Å²) < 4.78 is 25.5. The lowest BCUT2D eigenvalue weighted by Gasteiger charge is -2.01. The average molecular weight is 217 g/mol. The quantitative estimate of drug-likeness (QED) is 0.734. The van der Waals surface area contributed by atoms with E-state index in [1.165, 1.54) is 24.3 Å². The Balaban J connectivity index is 1.99. The third kappa shape index (κ3) is 2.89. The molecule has 0 unspecified atom stereocenters. The molecule has 2 aromatic rings. The first-order chi connectivity index (χ1) is 7.74. The van der Waals surface area contributed by atoms with E-state index in [-0.39, 0.29) is 11.6 Å². The Kier molecular flexibility index (Phi) is 3.30. The van der Waals surface area contributed by atoms with E-state index in [9.17, 15) is 8.78 Å². The average Bonchev–Trinajstić information content (AvgIpc) is 2.28. The highest BCUT2D eigenvalue weighted by Gasteiger charge is 1.98. The van der Waals surface area contributed by atoms with Crippen LogP contribution in [0.3, 0.4) is 0 Å². The van der Waals surface area contributed by atoms with E-state index in [1.807, 2.05) is 12.5 Å². The van der Waals surface area contributed by atoms with Crippen LogP contribution in [0, 0.1) is 18.1 Å². The maximum Gasteiger partial charge on any atom is 0.123 e. The second-order valence-electron chi connectivity index (χ2n) is 3.59. The third-order valence-corrected chi connectivity index (χ3v) is 2.34. The summed E-state index contributed by atoms with van der Waals surface area (Å²) in [6.07, 6.45) is 2.58. The zero-order chi connectivity index (χ0) is 11.4. The zero-order valence-corrected chi connectivity index (χ0v) is 8.66. The lowest BCUT2D eigenvalue weighted by atomic mass is 10.0. The second kappa shape index (κ2) is 4.88. The fourth-order valence-electron chi connectivity index (χ4n) is 1.49. The Morgan fingerprint density at radius 3 is 2.31 bits per heavy atom. The molecule has 0 atom stereocenters. The lowest BCUT2D eigenvalue weighted by Crippen LogP contribution is -1.89. The fourth-order valence-corrected chi connectivity index (χ4v) is 1.49. The molecular weight excluding hydrogens is 206 g/mol. The van der Waals surface area contributed by atoms with Crippen molar-refractivity contribution in [3.8, 4) is 0 Å². The molecule has 0 nitrogen and oxygen atoms in total. The molecule has 2 aromatic carbocycles. The van der Waals surface area contributed by atoms with Gasteiger partial charge in [0.1, 0.15) is 11.6 Å². The van der Waals surface area contributed by atoms with Gasteiger partial charge in [-0.1, -0.05) is 24.3 Å². The molecule has 0 aliphatic carbocycles. The third-order valence-electron chi connectivity index (χ3n) is 2.34. The Hall–Kier alpha value is -1.70. The summed E-state index contributed by atoms with van der Waals surface area (Å²) in [4.78, 5) is 0. The molecule has 16 heavy (non-hydrogen) atoms. The maximum atomic E-state index is 12.9. The van der Waals surface area contributed by atoms with E-state index in [2.05, 4.69) is 0 Å². The highest BCUT2D eigenvalue weighted by molar-refractivity contribution is 5.27. The van der Waals surface area contributed by atoms with Crippen LogP contribution in [-0.2, 0) is 6.42 Å². The first kappa shape index (κ1) is 10.8. The van der Waals surface area contributed by atoms with Gasteiger partial charge in [-0.25, -0.2) is 8.78 Å². The number of hydrogen-bond donors (Lipinski definition) is 0. The molecule has 0 aromatic heterocycles. The SMILES string of the molecule is Fc1ccc(C[CH]c2cccc(F)c2)cc1. The van der Waals surface area contributed by atoms with Gasteiger partial charge in [0.05, 0.1) is 0 Å². The molecular formula is C14H11F2. The van der Waals surface area contributed by atoms with Crippen LogP contribution in [0.5, 0.6) is 0 Å². The van der Waals surface area contributed by atoms with Crippen LogP contribution >= 0.6 is 0 Å². The fraction of sp³-hybridized carbons (Fsp3) is 0.0714. The van der Waals surface area contributed by atoms with E-state index < -0.39 is 0 Å². The van der Waals surface area contributed by atoms with Crippen LogP contribution in [0.15, 0.2) is 48.5 Å². The molecule has 0 saturated carbocycles. The minimum absolute atomic E-state index is 0.241. The van der Waals surface area contributed by atoms with Gasteiger partial charge in [0.15, 0.2) is 0 Å². The van der Waals surface area contributed by atoms with Crippen molar-refractivity contribution in [1.82, 2.24) is 0 Å². The molecule has 0 aliphatic rings. The van der Waals surface area contributed by atoms with Crippen LogP contribution in [0.4, 0.5) is 8.78 Å². The normalized spacial score (nSPS) is 10.4. The van der Waals surface area contributed by atoms with Crippen LogP contribution in [0.25, 0.3) is 0 Å². The van der Waals surface area contributed by atoms with E-state index in [0.717, 1.165) is 11.1 Å². The van der Waals surface area contributed by atoms with Gasteiger partial charge in [-0.3, -0.25) is 0 Å². The Morgan fingerprint density at radius 1 is 0.875 bits per heavy atom. The van der Waals surface area contributed by atoms with Crippen molar-refractivity contribution in [2.45, 2.75) is 6.42 Å². The molecule has 2 heteroatoms. The summed E-state index contributed by atoms with van der Waals surface area (Å²) in [5, 5.41) is 0. The summed E-state index contributed by atoms with van der Waals surface area (Å²) >= 11 is 0. The summed E-state index contributed by atoms with van der Waals surface area (Å²) in [7, 11) is 0.